The number of rotatable bonds is 5. The number of phenolic OH excluding ortho intramolecular Hbond substituents is 1. The number of aromatic hydroxyl groups is 1. The Labute approximate surface area is 167 Å². The Kier molecular flexibility index (Phi) is 4.84. The number of H-pyrrole nitrogens is 1. The fourth-order valence-corrected chi connectivity index (χ4v) is 4.05. The molecule has 0 spiro atoms. The number of aromatic nitrogens is 2. The molecule has 3 aromatic rings. The van der Waals surface area contributed by atoms with Gasteiger partial charge in [0.25, 0.3) is 5.91 Å². The molecule has 2 N–H and O–H groups in total. The number of aryl methyl sites for hydroxylation is 2. The molecule has 1 amide bonds. The van der Waals surface area contributed by atoms with Crippen molar-refractivity contribution in [1.29, 1.82) is 0 Å². The summed E-state index contributed by atoms with van der Waals surface area (Å²) >= 11 is 0. The van der Waals surface area contributed by atoms with Crippen LogP contribution in [0.25, 0.3) is 11.3 Å². The second kappa shape index (κ2) is 7.33. The molecule has 4 rings (SSSR count). The summed E-state index contributed by atoms with van der Waals surface area (Å²) < 4.78 is 18.7. The van der Waals surface area contributed by atoms with Gasteiger partial charge in [0.15, 0.2) is 0 Å². The minimum atomic E-state index is -0.456. The van der Waals surface area contributed by atoms with E-state index in [1.54, 1.807) is 30.2 Å². The Morgan fingerprint density at radius 3 is 2.62 bits per heavy atom. The Balaban J connectivity index is 1.91. The van der Waals surface area contributed by atoms with Crippen LogP contribution in [-0.2, 0) is 4.74 Å². The summed E-state index contributed by atoms with van der Waals surface area (Å²) in [5.74, 6) is -0.437. The molecule has 1 aliphatic heterocycles. The summed E-state index contributed by atoms with van der Waals surface area (Å²) in [7, 11) is 1.58. The maximum absolute atomic E-state index is 13.5. The number of aromatic amines is 1. The summed E-state index contributed by atoms with van der Waals surface area (Å²) in [5.41, 5.74) is 4.73. The Hall–Kier alpha value is -3.19. The van der Waals surface area contributed by atoms with E-state index >= 15 is 0 Å². The van der Waals surface area contributed by atoms with Gasteiger partial charge in [0.1, 0.15) is 23.0 Å². The SMILES string of the molecule is COCCN1C(=O)c2[nH]nc(-c3c(C)cc(C)cc3O)c2[C@H]1c1ccc(F)cc1. The number of carbonyl (C=O) groups excluding carboxylic acids is 1. The number of hydrogen-bond acceptors (Lipinski definition) is 4. The van der Waals surface area contributed by atoms with Crippen LogP contribution in [0, 0.1) is 19.7 Å². The van der Waals surface area contributed by atoms with Crippen molar-refractivity contribution in [2.24, 2.45) is 0 Å². The smallest absolute Gasteiger partial charge is 0.273 e. The lowest BCUT2D eigenvalue weighted by molar-refractivity contribution is 0.0677. The molecule has 0 aliphatic carbocycles. The van der Waals surface area contributed by atoms with E-state index in [9.17, 15) is 14.3 Å². The number of ether oxygens (including phenoxy) is 1. The van der Waals surface area contributed by atoms with Gasteiger partial charge in [0.2, 0.25) is 0 Å². The molecule has 29 heavy (non-hydrogen) atoms. The van der Waals surface area contributed by atoms with E-state index in [0.29, 0.717) is 35.7 Å². The fraction of sp³-hybridized carbons (Fsp3) is 0.273. The van der Waals surface area contributed by atoms with E-state index in [1.807, 2.05) is 19.9 Å². The molecule has 0 radical (unpaired) electrons. The van der Waals surface area contributed by atoms with Gasteiger partial charge in [-0.3, -0.25) is 9.89 Å². The third kappa shape index (κ3) is 3.17. The number of amides is 1. The first-order valence-electron chi connectivity index (χ1n) is 9.36. The van der Waals surface area contributed by atoms with Crippen molar-refractivity contribution < 1.29 is 19.0 Å². The first-order valence-corrected chi connectivity index (χ1v) is 9.36. The number of benzene rings is 2. The number of hydrogen-bond donors (Lipinski definition) is 2. The van der Waals surface area contributed by atoms with Crippen LogP contribution >= 0.6 is 0 Å². The van der Waals surface area contributed by atoms with Gasteiger partial charge >= 0.3 is 0 Å². The zero-order valence-electron chi connectivity index (χ0n) is 16.5. The van der Waals surface area contributed by atoms with Crippen LogP contribution < -0.4 is 0 Å². The molecule has 1 aliphatic rings. The second-order valence-corrected chi connectivity index (χ2v) is 7.28. The van der Waals surface area contributed by atoms with E-state index in [2.05, 4.69) is 10.2 Å². The van der Waals surface area contributed by atoms with Crippen LogP contribution in [0.2, 0.25) is 0 Å². The lowest BCUT2D eigenvalue weighted by Gasteiger charge is -2.26. The van der Waals surface area contributed by atoms with Crippen LogP contribution in [0.15, 0.2) is 36.4 Å². The predicted molar refractivity (Wildman–Crippen MR) is 106 cm³/mol. The van der Waals surface area contributed by atoms with Crippen LogP contribution in [0.1, 0.15) is 38.8 Å². The first kappa shape index (κ1) is 19.1. The summed E-state index contributed by atoms with van der Waals surface area (Å²) in [5, 5.41) is 17.9. The molecule has 2 heterocycles. The maximum Gasteiger partial charge on any atom is 0.273 e. The molecule has 0 bridgehead atoms. The van der Waals surface area contributed by atoms with Gasteiger partial charge in [-0.1, -0.05) is 18.2 Å². The van der Waals surface area contributed by atoms with E-state index in [-0.39, 0.29) is 17.5 Å². The van der Waals surface area contributed by atoms with Crippen molar-refractivity contribution in [3.8, 4) is 17.0 Å². The highest BCUT2D eigenvalue weighted by Gasteiger charge is 2.42. The molecule has 1 aromatic heterocycles. The highest BCUT2D eigenvalue weighted by Crippen LogP contribution is 2.45. The summed E-state index contributed by atoms with van der Waals surface area (Å²) in [6.07, 6.45) is 0. The van der Waals surface area contributed by atoms with Crippen LogP contribution in [0.4, 0.5) is 4.39 Å². The topological polar surface area (TPSA) is 78.5 Å². The van der Waals surface area contributed by atoms with Crippen molar-refractivity contribution in [3.63, 3.8) is 0 Å². The number of phenols is 1. The zero-order chi connectivity index (χ0) is 20.7. The average Bonchev–Trinajstić information content (AvgIpc) is 3.20. The third-order valence-electron chi connectivity index (χ3n) is 5.28. The minimum Gasteiger partial charge on any atom is -0.507 e. The van der Waals surface area contributed by atoms with Crippen molar-refractivity contribution in [2.45, 2.75) is 19.9 Å². The van der Waals surface area contributed by atoms with Crippen molar-refractivity contribution in [1.82, 2.24) is 15.1 Å². The minimum absolute atomic E-state index is 0.109. The number of fused-ring (bicyclic) bond motifs is 1. The summed E-state index contributed by atoms with van der Waals surface area (Å²) in [4.78, 5) is 14.8. The zero-order valence-corrected chi connectivity index (χ0v) is 16.5. The van der Waals surface area contributed by atoms with E-state index in [1.165, 1.54) is 12.1 Å². The van der Waals surface area contributed by atoms with Gasteiger partial charge in [0, 0.05) is 24.8 Å². The number of nitrogens with zero attached hydrogens (tertiary/aromatic N) is 2. The molecular weight excluding hydrogens is 373 g/mol. The third-order valence-corrected chi connectivity index (χ3v) is 5.28. The lowest BCUT2D eigenvalue weighted by Crippen LogP contribution is -2.32. The van der Waals surface area contributed by atoms with Crippen molar-refractivity contribution in [3.05, 3.63) is 70.2 Å². The van der Waals surface area contributed by atoms with Crippen molar-refractivity contribution in [2.75, 3.05) is 20.3 Å². The Morgan fingerprint density at radius 1 is 1.24 bits per heavy atom. The molecule has 2 aromatic carbocycles. The monoisotopic (exact) mass is 395 g/mol. The van der Waals surface area contributed by atoms with E-state index < -0.39 is 6.04 Å². The number of halogens is 1. The van der Waals surface area contributed by atoms with Gasteiger partial charge in [0.05, 0.1) is 12.6 Å². The Bertz CT molecular complexity index is 1050. The fourth-order valence-electron chi connectivity index (χ4n) is 4.05. The predicted octanol–water partition coefficient (Wildman–Crippen LogP) is 3.73. The largest absolute Gasteiger partial charge is 0.507 e. The second-order valence-electron chi connectivity index (χ2n) is 7.28. The number of methoxy groups -OCH3 is 1. The summed E-state index contributed by atoms with van der Waals surface area (Å²) in [6, 6.07) is 9.27. The highest BCUT2D eigenvalue weighted by atomic mass is 19.1. The van der Waals surface area contributed by atoms with Crippen LogP contribution in [0.5, 0.6) is 5.75 Å². The van der Waals surface area contributed by atoms with Gasteiger partial charge in [-0.15, -0.1) is 0 Å². The van der Waals surface area contributed by atoms with E-state index in [4.69, 9.17) is 4.74 Å². The highest BCUT2D eigenvalue weighted by molar-refractivity contribution is 6.00. The van der Waals surface area contributed by atoms with Crippen LogP contribution in [-0.4, -0.2) is 46.4 Å². The van der Waals surface area contributed by atoms with Crippen molar-refractivity contribution >= 4 is 5.91 Å². The lowest BCUT2D eigenvalue weighted by atomic mass is 9.93. The van der Waals surface area contributed by atoms with Gasteiger partial charge in [-0.25, -0.2) is 4.39 Å². The summed E-state index contributed by atoms with van der Waals surface area (Å²) in [6.45, 7) is 4.54. The molecule has 1 atom stereocenters. The number of nitrogens with one attached hydrogen (secondary N) is 1. The molecule has 0 saturated carbocycles. The van der Waals surface area contributed by atoms with Gasteiger partial charge in [-0.05, 0) is 48.7 Å². The van der Waals surface area contributed by atoms with Crippen LogP contribution in [0.3, 0.4) is 0 Å². The normalized spacial score (nSPS) is 15.8. The standard InChI is InChI=1S/C22H22FN3O3/c1-12-10-13(2)17(16(27)11-12)19-18-20(25-24-19)22(28)26(8-9-29-3)21(18)14-4-6-15(23)7-5-14/h4-7,10-11,21,27H,8-9H2,1-3H3,(H,24,25)/t21-/m1/s1. The molecule has 6 nitrogen and oxygen atoms in total. The molecule has 0 unspecified atom stereocenters. The molecule has 0 fully saturated rings. The molecule has 7 heteroatoms. The maximum atomic E-state index is 13.5. The molecular formula is C22H22FN3O3. The molecule has 150 valence electrons. The quantitative estimate of drug-likeness (QED) is 0.690. The van der Waals surface area contributed by atoms with Gasteiger partial charge < -0.3 is 14.7 Å². The number of carbonyl (C=O) groups is 1. The van der Waals surface area contributed by atoms with Gasteiger partial charge in [-0.2, -0.15) is 5.10 Å². The molecule has 0 saturated heterocycles. The first-order chi connectivity index (χ1) is 13.9. The average molecular weight is 395 g/mol. The Morgan fingerprint density at radius 2 is 1.97 bits per heavy atom. The van der Waals surface area contributed by atoms with E-state index in [0.717, 1.165) is 16.7 Å².